The molecular weight excluding hydrogens is 186 g/mol. The third-order valence-electron chi connectivity index (χ3n) is 1.79. The average molecular weight is 194 g/mol. The lowest BCUT2D eigenvalue weighted by Crippen LogP contribution is -1.98. The van der Waals surface area contributed by atoms with Crippen molar-refractivity contribution >= 4 is 11.6 Å². The molecule has 0 N–H and O–H groups in total. The van der Waals surface area contributed by atoms with E-state index in [-0.39, 0.29) is 0 Å². The molecule has 0 aliphatic rings. The fraction of sp³-hybridized carbons (Fsp3) is 0.111. The Hall–Kier alpha value is -1.35. The van der Waals surface area contributed by atoms with Crippen LogP contribution in [0.4, 0.5) is 0 Å². The lowest BCUT2D eigenvalue weighted by Gasteiger charge is -2.01. The fourth-order valence-electron chi connectivity index (χ4n) is 1.12. The Morgan fingerprint density at radius 1 is 1.23 bits per heavy atom. The second kappa shape index (κ2) is 3.18. The van der Waals surface area contributed by atoms with Gasteiger partial charge in [-0.25, -0.2) is 4.68 Å². The summed E-state index contributed by atoms with van der Waals surface area (Å²) in [6.45, 7) is 1.95. The van der Waals surface area contributed by atoms with Gasteiger partial charge in [-0.3, -0.25) is 0 Å². The third-order valence-corrected chi connectivity index (χ3v) is 2.04. The molecule has 1 aromatic carbocycles. The highest BCUT2D eigenvalue weighted by Crippen LogP contribution is 2.13. The number of benzene rings is 1. The van der Waals surface area contributed by atoms with Crippen molar-refractivity contribution < 1.29 is 0 Å². The van der Waals surface area contributed by atoms with Gasteiger partial charge in [0.15, 0.2) is 0 Å². The van der Waals surface area contributed by atoms with Crippen molar-refractivity contribution in [2.75, 3.05) is 0 Å². The summed E-state index contributed by atoms with van der Waals surface area (Å²) in [7, 11) is 0. The third kappa shape index (κ3) is 1.55. The SMILES string of the molecule is Cc1cnnn1-c1ccc(Cl)cc1. The number of hydrogen-bond donors (Lipinski definition) is 0. The molecule has 66 valence electrons. The summed E-state index contributed by atoms with van der Waals surface area (Å²) >= 11 is 5.77. The van der Waals surface area contributed by atoms with E-state index in [9.17, 15) is 0 Å². The molecule has 3 nitrogen and oxygen atoms in total. The molecule has 1 heterocycles. The number of hydrogen-bond acceptors (Lipinski definition) is 2. The quantitative estimate of drug-likeness (QED) is 0.696. The first-order chi connectivity index (χ1) is 6.27. The van der Waals surface area contributed by atoms with Crippen molar-refractivity contribution in [1.29, 1.82) is 0 Å². The summed E-state index contributed by atoms with van der Waals surface area (Å²) in [5, 5.41) is 8.46. The average Bonchev–Trinajstić information content (AvgIpc) is 2.53. The van der Waals surface area contributed by atoms with E-state index < -0.39 is 0 Å². The van der Waals surface area contributed by atoms with Gasteiger partial charge in [-0.1, -0.05) is 16.8 Å². The van der Waals surface area contributed by atoms with Crippen molar-refractivity contribution in [3.63, 3.8) is 0 Å². The minimum atomic E-state index is 0.724. The van der Waals surface area contributed by atoms with E-state index in [1.165, 1.54) is 0 Å². The maximum Gasteiger partial charge on any atom is 0.0726 e. The van der Waals surface area contributed by atoms with Crippen molar-refractivity contribution in [2.45, 2.75) is 6.92 Å². The highest BCUT2D eigenvalue weighted by molar-refractivity contribution is 6.30. The molecule has 0 aliphatic heterocycles. The maximum absolute atomic E-state index is 5.77. The van der Waals surface area contributed by atoms with Crippen LogP contribution < -0.4 is 0 Å². The predicted molar refractivity (Wildman–Crippen MR) is 51.1 cm³/mol. The van der Waals surface area contributed by atoms with Crippen LogP contribution in [-0.4, -0.2) is 15.0 Å². The fourth-order valence-corrected chi connectivity index (χ4v) is 1.25. The summed E-state index contributed by atoms with van der Waals surface area (Å²) in [6.07, 6.45) is 1.72. The van der Waals surface area contributed by atoms with E-state index in [4.69, 9.17) is 11.6 Å². The number of halogens is 1. The summed E-state index contributed by atoms with van der Waals surface area (Å²) in [5.41, 5.74) is 1.97. The molecule has 1 aromatic heterocycles. The summed E-state index contributed by atoms with van der Waals surface area (Å²) in [4.78, 5) is 0. The van der Waals surface area contributed by atoms with Crippen molar-refractivity contribution in [3.05, 3.63) is 41.2 Å². The first-order valence-corrected chi connectivity index (χ1v) is 4.28. The molecule has 2 rings (SSSR count). The molecule has 0 saturated heterocycles. The van der Waals surface area contributed by atoms with Crippen LogP contribution in [0.1, 0.15) is 5.69 Å². The molecule has 4 heteroatoms. The van der Waals surface area contributed by atoms with Crippen LogP contribution >= 0.6 is 11.6 Å². The topological polar surface area (TPSA) is 30.7 Å². The second-order valence-corrected chi connectivity index (χ2v) is 3.20. The molecule has 0 radical (unpaired) electrons. The summed E-state index contributed by atoms with van der Waals surface area (Å²) < 4.78 is 1.76. The minimum Gasteiger partial charge on any atom is -0.218 e. The van der Waals surface area contributed by atoms with Crippen molar-refractivity contribution in [2.24, 2.45) is 0 Å². The molecule has 0 saturated carbocycles. The molecule has 2 aromatic rings. The number of aryl methyl sites for hydroxylation is 1. The number of rotatable bonds is 1. The highest BCUT2D eigenvalue weighted by atomic mass is 35.5. The number of nitrogens with zero attached hydrogens (tertiary/aromatic N) is 3. The van der Waals surface area contributed by atoms with E-state index >= 15 is 0 Å². The van der Waals surface area contributed by atoms with Gasteiger partial charge in [-0.2, -0.15) is 0 Å². The second-order valence-electron chi connectivity index (χ2n) is 2.76. The predicted octanol–water partition coefficient (Wildman–Crippen LogP) is 2.23. The first-order valence-electron chi connectivity index (χ1n) is 3.90. The zero-order chi connectivity index (χ0) is 9.26. The van der Waals surface area contributed by atoms with E-state index in [1.54, 1.807) is 10.9 Å². The minimum absolute atomic E-state index is 0.724. The maximum atomic E-state index is 5.77. The van der Waals surface area contributed by atoms with Gasteiger partial charge in [0.25, 0.3) is 0 Å². The molecule has 0 fully saturated rings. The van der Waals surface area contributed by atoms with Gasteiger partial charge in [0.05, 0.1) is 17.6 Å². The van der Waals surface area contributed by atoms with Gasteiger partial charge in [0, 0.05) is 5.02 Å². The highest BCUT2D eigenvalue weighted by Gasteiger charge is 2.00. The smallest absolute Gasteiger partial charge is 0.0726 e. The van der Waals surface area contributed by atoms with Gasteiger partial charge in [0.2, 0.25) is 0 Å². The Labute approximate surface area is 81.0 Å². The van der Waals surface area contributed by atoms with Crippen molar-refractivity contribution in [3.8, 4) is 5.69 Å². The van der Waals surface area contributed by atoms with Crippen LogP contribution in [0.3, 0.4) is 0 Å². The van der Waals surface area contributed by atoms with E-state index in [2.05, 4.69) is 10.3 Å². The summed E-state index contributed by atoms with van der Waals surface area (Å²) in [5.74, 6) is 0. The largest absolute Gasteiger partial charge is 0.218 e. The Bertz CT molecular complexity index is 405. The van der Waals surface area contributed by atoms with Gasteiger partial charge < -0.3 is 0 Å². The van der Waals surface area contributed by atoms with Gasteiger partial charge in [-0.05, 0) is 31.2 Å². The van der Waals surface area contributed by atoms with Gasteiger partial charge >= 0.3 is 0 Å². The Morgan fingerprint density at radius 2 is 1.92 bits per heavy atom. The molecule has 0 atom stereocenters. The molecule has 0 aliphatic carbocycles. The van der Waals surface area contributed by atoms with Crippen molar-refractivity contribution in [1.82, 2.24) is 15.0 Å². The van der Waals surface area contributed by atoms with E-state index in [1.807, 2.05) is 31.2 Å². The van der Waals surface area contributed by atoms with Crippen LogP contribution in [0.15, 0.2) is 30.5 Å². The molecule has 0 spiro atoms. The van der Waals surface area contributed by atoms with Gasteiger partial charge in [0.1, 0.15) is 0 Å². The first kappa shape index (κ1) is 8.26. The lowest BCUT2D eigenvalue weighted by atomic mass is 10.3. The number of aromatic nitrogens is 3. The van der Waals surface area contributed by atoms with E-state index in [0.29, 0.717) is 0 Å². The Morgan fingerprint density at radius 3 is 2.46 bits per heavy atom. The zero-order valence-corrected chi connectivity index (χ0v) is 7.86. The zero-order valence-electron chi connectivity index (χ0n) is 7.11. The normalized spacial score (nSPS) is 10.3. The van der Waals surface area contributed by atoms with Crippen LogP contribution in [0, 0.1) is 6.92 Å². The monoisotopic (exact) mass is 193 g/mol. The molecule has 0 unspecified atom stereocenters. The van der Waals surface area contributed by atoms with Crippen LogP contribution in [-0.2, 0) is 0 Å². The van der Waals surface area contributed by atoms with Crippen LogP contribution in [0.5, 0.6) is 0 Å². The standard InChI is InChI=1S/C9H8ClN3/c1-7-6-11-12-13(7)9-4-2-8(10)3-5-9/h2-6H,1H3. The summed E-state index contributed by atoms with van der Waals surface area (Å²) in [6, 6.07) is 7.48. The Kier molecular flexibility index (Phi) is 2.02. The molecule has 0 amide bonds. The van der Waals surface area contributed by atoms with Gasteiger partial charge in [-0.15, -0.1) is 5.10 Å². The molecule has 0 bridgehead atoms. The molecular formula is C9H8ClN3. The molecule has 13 heavy (non-hydrogen) atoms. The Balaban J connectivity index is 2.47. The lowest BCUT2D eigenvalue weighted by molar-refractivity contribution is 0.785. The van der Waals surface area contributed by atoms with Crippen LogP contribution in [0.25, 0.3) is 5.69 Å². The van der Waals surface area contributed by atoms with E-state index in [0.717, 1.165) is 16.4 Å². The van der Waals surface area contributed by atoms with Crippen LogP contribution in [0.2, 0.25) is 5.02 Å².